The highest BCUT2D eigenvalue weighted by Gasteiger charge is 2.10. The van der Waals surface area contributed by atoms with Gasteiger partial charge in [0.05, 0.1) is 0 Å². The summed E-state index contributed by atoms with van der Waals surface area (Å²) in [5.74, 6) is 0.795. The number of benzene rings is 1. The Morgan fingerprint density at radius 3 is 2.85 bits per heavy atom. The van der Waals surface area contributed by atoms with Gasteiger partial charge in [0, 0.05) is 22.3 Å². The zero-order valence-corrected chi connectivity index (χ0v) is 12.4. The van der Waals surface area contributed by atoms with Crippen LogP contribution < -0.4 is 0 Å². The first-order valence-corrected chi connectivity index (χ1v) is 7.14. The second kappa shape index (κ2) is 4.21. The maximum absolute atomic E-state index is 5.86. The van der Waals surface area contributed by atoms with Crippen molar-refractivity contribution in [3.63, 3.8) is 0 Å². The minimum absolute atomic E-state index is 0.795. The summed E-state index contributed by atoms with van der Waals surface area (Å²) in [5, 5.41) is 1.09. The van der Waals surface area contributed by atoms with Gasteiger partial charge in [0.2, 0.25) is 0 Å². The van der Waals surface area contributed by atoms with Crippen LogP contribution in [0.5, 0.6) is 0 Å². The summed E-state index contributed by atoms with van der Waals surface area (Å²) < 4.78 is 8.92. The second-order valence-electron chi connectivity index (χ2n) is 4.84. The molecular weight excluding hydrogens is 316 g/mol. The number of furan rings is 1. The number of para-hydroxylation sites is 1. The third-order valence-corrected chi connectivity index (χ3v) is 4.24. The number of halogens is 1. The van der Waals surface area contributed by atoms with Crippen molar-refractivity contribution >= 4 is 32.5 Å². The number of nitrogens with zero attached hydrogens (tertiary/aromatic N) is 2. The van der Waals surface area contributed by atoms with Crippen LogP contribution in [0.15, 0.2) is 57.7 Å². The number of aromatic nitrogens is 2. The van der Waals surface area contributed by atoms with Crippen LogP contribution in [0.4, 0.5) is 0 Å². The van der Waals surface area contributed by atoms with Gasteiger partial charge in [-0.05, 0) is 46.6 Å². The number of hydrogen-bond acceptors (Lipinski definition) is 2. The number of fused-ring (bicyclic) bond motifs is 2. The Bertz CT molecular complexity index is 864. The van der Waals surface area contributed by atoms with Crippen LogP contribution in [0, 0.1) is 6.92 Å². The lowest BCUT2D eigenvalue weighted by molar-refractivity contribution is 0.629. The van der Waals surface area contributed by atoms with Gasteiger partial charge < -0.3 is 8.82 Å². The first-order chi connectivity index (χ1) is 9.70. The van der Waals surface area contributed by atoms with Crippen molar-refractivity contribution in [2.45, 2.75) is 6.92 Å². The van der Waals surface area contributed by atoms with Crippen LogP contribution >= 0.6 is 15.9 Å². The third kappa shape index (κ3) is 1.76. The van der Waals surface area contributed by atoms with Crippen molar-refractivity contribution in [2.75, 3.05) is 0 Å². The highest BCUT2D eigenvalue weighted by Crippen LogP contribution is 2.28. The van der Waals surface area contributed by atoms with E-state index in [1.165, 1.54) is 5.56 Å². The van der Waals surface area contributed by atoms with E-state index >= 15 is 0 Å². The fourth-order valence-electron chi connectivity index (χ4n) is 2.33. The van der Waals surface area contributed by atoms with Crippen LogP contribution in [0.1, 0.15) is 5.56 Å². The molecule has 20 heavy (non-hydrogen) atoms. The lowest BCUT2D eigenvalue weighted by Crippen LogP contribution is -1.85. The van der Waals surface area contributed by atoms with Crippen molar-refractivity contribution in [1.29, 1.82) is 0 Å². The van der Waals surface area contributed by atoms with Gasteiger partial charge in [-0.2, -0.15) is 0 Å². The van der Waals surface area contributed by atoms with E-state index in [2.05, 4.69) is 33.9 Å². The second-order valence-corrected chi connectivity index (χ2v) is 5.70. The van der Waals surface area contributed by atoms with E-state index in [1.807, 2.05) is 47.1 Å². The van der Waals surface area contributed by atoms with E-state index < -0.39 is 0 Å². The van der Waals surface area contributed by atoms with E-state index in [0.29, 0.717) is 0 Å². The van der Waals surface area contributed by atoms with Crippen LogP contribution in [-0.4, -0.2) is 9.38 Å². The highest BCUT2D eigenvalue weighted by molar-refractivity contribution is 9.10. The lowest BCUT2D eigenvalue weighted by Gasteiger charge is -1.98. The van der Waals surface area contributed by atoms with Gasteiger partial charge in [0.1, 0.15) is 16.9 Å². The molecule has 0 unspecified atom stereocenters. The zero-order valence-electron chi connectivity index (χ0n) is 10.8. The fourth-order valence-corrected chi connectivity index (χ4v) is 2.67. The number of pyridine rings is 1. The molecular formula is C16H11BrN2O. The molecule has 0 radical (unpaired) electrons. The lowest BCUT2D eigenvalue weighted by atomic mass is 10.2. The molecule has 4 aromatic rings. The van der Waals surface area contributed by atoms with Crippen LogP contribution in [-0.2, 0) is 0 Å². The Hall–Kier alpha value is -2.07. The molecule has 3 aromatic heterocycles. The van der Waals surface area contributed by atoms with Crippen LogP contribution in [0.2, 0.25) is 0 Å². The van der Waals surface area contributed by atoms with Crippen LogP contribution in [0.3, 0.4) is 0 Å². The van der Waals surface area contributed by atoms with Crippen molar-refractivity contribution in [1.82, 2.24) is 9.38 Å². The monoisotopic (exact) mass is 326 g/mol. The molecule has 1 aromatic carbocycles. The van der Waals surface area contributed by atoms with E-state index in [4.69, 9.17) is 4.42 Å². The van der Waals surface area contributed by atoms with Crippen molar-refractivity contribution in [3.8, 4) is 11.5 Å². The SMILES string of the molecule is Cc1cc2nc(-c3cc4ccccc4o3)cn2cc1Br. The summed E-state index contributed by atoms with van der Waals surface area (Å²) in [5.41, 5.74) is 3.82. The Kier molecular flexibility index (Phi) is 2.47. The molecule has 0 aliphatic heterocycles. The Balaban J connectivity index is 1.93. The van der Waals surface area contributed by atoms with Gasteiger partial charge in [-0.1, -0.05) is 18.2 Å². The van der Waals surface area contributed by atoms with Gasteiger partial charge >= 0.3 is 0 Å². The molecule has 3 nitrogen and oxygen atoms in total. The zero-order chi connectivity index (χ0) is 13.7. The largest absolute Gasteiger partial charge is 0.454 e. The van der Waals surface area contributed by atoms with Gasteiger partial charge in [-0.25, -0.2) is 4.98 Å². The Morgan fingerprint density at radius 1 is 1.15 bits per heavy atom. The maximum Gasteiger partial charge on any atom is 0.155 e. The van der Waals surface area contributed by atoms with Gasteiger partial charge in [0.15, 0.2) is 5.76 Å². The predicted octanol–water partition coefficient (Wildman–Crippen LogP) is 4.82. The van der Waals surface area contributed by atoms with E-state index in [1.54, 1.807) is 0 Å². The predicted molar refractivity (Wildman–Crippen MR) is 82.8 cm³/mol. The van der Waals surface area contributed by atoms with Gasteiger partial charge in [-0.3, -0.25) is 0 Å². The average molecular weight is 327 g/mol. The maximum atomic E-state index is 5.86. The molecule has 0 saturated carbocycles. The molecule has 0 saturated heterocycles. The topological polar surface area (TPSA) is 30.4 Å². The smallest absolute Gasteiger partial charge is 0.155 e. The standard InChI is InChI=1S/C16H11BrN2O/c1-10-6-16-18-13(9-19(16)8-12(10)17)15-7-11-4-2-3-5-14(11)20-15/h2-9H,1H3. The molecule has 0 bridgehead atoms. The molecule has 0 aliphatic carbocycles. The number of aryl methyl sites for hydroxylation is 1. The summed E-state index contributed by atoms with van der Waals surface area (Å²) >= 11 is 3.54. The summed E-state index contributed by atoms with van der Waals surface area (Å²) in [6.07, 6.45) is 4.00. The molecule has 4 heteroatoms. The Morgan fingerprint density at radius 2 is 2.00 bits per heavy atom. The molecule has 3 heterocycles. The molecule has 0 spiro atoms. The summed E-state index contributed by atoms with van der Waals surface area (Å²) in [7, 11) is 0. The minimum Gasteiger partial charge on any atom is -0.454 e. The van der Waals surface area contributed by atoms with Gasteiger partial charge in [0.25, 0.3) is 0 Å². The molecule has 0 amide bonds. The molecule has 98 valence electrons. The fraction of sp³-hybridized carbons (Fsp3) is 0.0625. The summed E-state index contributed by atoms with van der Waals surface area (Å²) in [6.45, 7) is 2.06. The number of rotatable bonds is 1. The normalized spacial score (nSPS) is 11.5. The van der Waals surface area contributed by atoms with Gasteiger partial charge in [-0.15, -0.1) is 0 Å². The molecule has 4 rings (SSSR count). The Labute approximate surface area is 124 Å². The average Bonchev–Trinajstić information content (AvgIpc) is 3.02. The van der Waals surface area contributed by atoms with E-state index in [9.17, 15) is 0 Å². The number of hydrogen-bond donors (Lipinski definition) is 0. The first-order valence-electron chi connectivity index (χ1n) is 6.34. The van der Waals surface area contributed by atoms with Crippen molar-refractivity contribution in [2.24, 2.45) is 0 Å². The molecule has 0 atom stereocenters. The van der Waals surface area contributed by atoms with Crippen LogP contribution in [0.25, 0.3) is 28.1 Å². The third-order valence-electron chi connectivity index (χ3n) is 3.41. The molecule has 0 fully saturated rings. The molecule has 0 aliphatic rings. The summed E-state index contributed by atoms with van der Waals surface area (Å²) in [6, 6.07) is 12.1. The van der Waals surface area contributed by atoms with Crippen molar-refractivity contribution in [3.05, 3.63) is 58.8 Å². The first kappa shape index (κ1) is 11.7. The highest BCUT2D eigenvalue weighted by atomic mass is 79.9. The minimum atomic E-state index is 0.795. The molecule has 0 N–H and O–H groups in total. The van der Waals surface area contributed by atoms with E-state index in [-0.39, 0.29) is 0 Å². The van der Waals surface area contributed by atoms with Crippen molar-refractivity contribution < 1.29 is 4.42 Å². The van der Waals surface area contributed by atoms with E-state index in [0.717, 1.165) is 32.5 Å². The summed E-state index contributed by atoms with van der Waals surface area (Å²) in [4.78, 5) is 4.63. The quantitative estimate of drug-likeness (QED) is 0.502. The number of imidazole rings is 1.